The van der Waals surface area contributed by atoms with Gasteiger partial charge in [-0.15, -0.1) is 0 Å². The Labute approximate surface area is 170 Å². The number of aromatic nitrogens is 1. The molecule has 0 aliphatic rings. The number of methoxy groups -OCH3 is 1. The minimum atomic E-state index is -0.666. The maximum absolute atomic E-state index is 14.3. The van der Waals surface area contributed by atoms with Crippen LogP contribution >= 0.6 is 15.9 Å². The highest BCUT2D eigenvalue weighted by Gasteiger charge is 2.16. The van der Waals surface area contributed by atoms with Gasteiger partial charge in [0.2, 0.25) is 0 Å². The van der Waals surface area contributed by atoms with Gasteiger partial charge in [-0.25, -0.2) is 13.8 Å². The molecular formula is C21H19BrF2N2O2. The Kier molecular flexibility index (Phi) is 6.59. The molecule has 0 aliphatic carbocycles. The quantitative estimate of drug-likeness (QED) is 0.461. The molecule has 0 spiro atoms. The molecule has 4 nitrogen and oxygen atoms in total. The summed E-state index contributed by atoms with van der Waals surface area (Å²) in [5.74, 6) is -0.861. The average Bonchev–Trinajstić information content (AvgIpc) is 2.67. The van der Waals surface area contributed by atoms with Gasteiger partial charge in [-0.2, -0.15) is 0 Å². The minimum Gasteiger partial charge on any atom is -0.507 e. The summed E-state index contributed by atoms with van der Waals surface area (Å²) >= 11 is 3.37. The number of pyridine rings is 1. The number of halogens is 3. The number of ether oxygens (including phenoxy) is 1. The van der Waals surface area contributed by atoms with Crippen LogP contribution in [0.25, 0.3) is 22.4 Å². The second-order valence-electron chi connectivity index (χ2n) is 6.16. The van der Waals surface area contributed by atoms with Crippen molar-refractivity contribution in [2.24, 2.45) is 0 Å². The molecular weight excluding hydrogens is 430 g/mol. The standard InChI is InChI=1S/C21H19BrF2N2O2/c1-28-9-3-8-25-20-11-13(21-16(23)4-2-5-17(21)24)10-18(26-20)15-12-14(22)6-7-19(15)27/h2,4-7,10-12,27H,3,8-9H2,1H3,(H,25,26). The Balaban J connectivity index is 2.10. The summed E-state index contributed by atoms with van der Waals surface area (Å²) in [6.45, 7) is 1.15. The lowest BCUT2D eigenvalue weighted by Gasteiger charge is -2.13. The van der Waals surface area contributed by atoms with Crippen molar-refractivity contribution < 1.29 is 18.6 Å². The van der Waals surface area contributed by atoms with E-state index in [2.05, 4.69) is 26.2 Å². The minimum absolute atomic E-state index is 0.0205. The van der Waals surface area contributed by atoms with E-state index in [1.54, 1.807) is 31.4 Å². The van der Waals surface area contributed by atoms with Crippen molar-refractivity contribution in [3.8, 4) is 28.1 Å². The first-order valence-corrected chi connectivity index (χ1v) is 9.47. The van der Waals surface area contributed by atoms with Crippen molar-refractivity contribution >= 4 is 21.7 Å². The highest BCUT2D eigenvalue weighted by atomic mass is 79.9. The number of benzene rings is 2. The van der Waals surface area contributed by atoms with E-state index in [4.69, 9.17) is 4.74 Å². The van der Waals surface area contributed by atoms with Gasteiger partial charge >= 0.3 is 0 Å². The maximum atomic E-state index is 14.3. The monoisotopic (exact) mass is 448 g/mol. The molecule has 0 amide bonds. The number of aromatic hydroxyl groups is 1. The molecule has 0 aliphatic heterocycles. The summed E-state index contributed by atoms with van der Waals surface area (Å²) in [4.78, 5) is 4.51. The van der Waals surface area contributed by atoms with E-state index < -0.39 is 11.6 Å². The zero-order chi connectivity index (χ0) is 20.1. The van der Waals surface area contributed by atoms with Gasteiger partial charge in [0.15, 0.2) is 0 Å². The molecule has 2 aromatic carbocycles. The SMILES string of the molecule is COCCCNc1cc(-c2c(F)cccc2F)cc(-c2cc(Br)ccc2O)n1. The Bertz CT molecular complexity index is 962. The molecule has 146 valence electrons. The van der Waals surface area contributed by atoms with Crippen LogP contribution in [0.4, 0.5) is 14.6 Å². The van der Waals surface area contributed by atoms with Gasteiger partial charge in [-0.3, -0.25) is 0 Å². The van der Waals surface area contributed by atoms with Crippen LogP contribution in [-0.4, -0.2) is 30.4 Å². The van der Waals surface area contributed by atoms with Gasteiger partial charge in [0, 0.05) is 30.3 Å². The van der Waals surface area contributed by atoms with Gasteiger partial charge in [0.1, 0.15) is 23.2 Å². The van der Waals surface area contributed by atoms with Crippen LogP contribution in [0.1, 0.15) is 6.42 Å². The van der Waals surface area contributed by atoms with Gasteiger partial charge in [-0.1, -0.05) is 22.0 Å². The van der Waals surface area contributed by atoms with E-state index in [1.807, 2.05) is 0 Å². The van der Waals surface area contributed by atoms with Crippen molar-refractivity contribution in [2.45, 2.75) is 6.42 Å². The number of hydrogen-bond acceptors (Lipinski definition) is 4. The molecule has 0 bridgehead atoms. The zero-order valence-corrected chi connectivity index (χ0v) is 16.8. The summed E-state index contributed by atoms with van der Waals surface area (Å²) in [6, 6.07) is 11.8. The van der Waals surface area contributed by atoms with Crippen molar-refractivity contribution in [1.82, 2.24) is 4.98 Å². The van der Waals surface area contributed by atoms with Crippen molar-refractivity contribution in [3.05, 3.63) is 64.6 Å². The number of anilines is 1. The molecule has 1 aromatic heterocycles. The van der Waals surface area contributed by atoms with Crippen LogP contribution in [0.2, 0.25) is 0 Å². The number of rotatable bonds is 7. The predicted octanol–water partition coefficient (Wildman–Crippen LogP) is 5.61. The number of nitrogens with zero attached hydrogens (tertiary/aromatic N) is 1. The Morgan fingerprint density at radius 1 is 1.11 bits per heavy atom. The smallest absolute Gasteiger partial charge is 0.133 e. The Morgan fingerprint density at radius 3 is 2.57 bits per heavy atom. The van der Waals surface area contributed by atoms with Crippen LogP contribution < -0.4 is 5.32 Å². The highest BCUT2D eigenvalue weighted by Crippen LogP contribution is 2.35. The number of hydrogen-bond donors (Lipinski definition) is 2. The largest absolute Gasteiger partial charge is 0.507 e. The van der Waals surface area contributed by atoms with Crippen LogP contribution in [0.3, 0.4) is 0 Å². The first-order valence-electron chi connectivity index (χ1n) is 8.67. The molecule has 3 rings (SSSR count). The van der Waals surface area contributed by atoms with E-state index >= 15 is 0 Å². The lowest BCUT2D eigenvalue weighted by atomic mass is 10.0. The number of phenolic OH excluding ortho intramolecular Hbond substituents is 1. The first-order chi connectivity index (χ1) is 13.5. The van der Waals surface area contributed by atoms with Crippen LogP contribution in [-0.2, 0) is 4.74 Å². The summed E-state index contributed by atoms with van der Waals surface area (Å²) in [6.07, 6.45) is 0.744. The molecule has 3 aromatic rings. The summed E-state index contributed by atoms with van der Waals surface area (Å²) < 4.78 is 34.5. The molecule has 0 radical (unpaired) electrons. The third-order valence-corrected chi connectivity index (χ3v) is 4.64. The zero-order valence-electron chi connectivity index (χ0n) is 15.2. The van der Waals surface area contributed by atoms with Crippen molar-refractivity contribution in [3.63, 3.8) is 0 Å². The average molecular weight is 449 g/mol. The van der Waals surface area contributed by atoms with Crippen LogP contribution in [0, 0.1) is 11.6 Å². The second-order valence-corrected chi connectivity index (χ2v) is 7.07. The molecule has 0 fully saturated rings. The predicted molar refractivity (Wildman–Crippen MR) is 109 cm³/mol. The Hall–Kier alpha value is -2.51. The number of phenols is 1. The fraction of sp³-hybridized carbons (Fsp3) is 0.190. The van der Waals surface area contributed by atoms with Gasteiger partial charge < -0.3 is 15.2 Å². The molecule has 2 N–H and O–H groups in total. The molecule has 7 heteroatoms. The van der Waals surface area contributed by atoms with Gasteiger partial charge in [0.25, 0.3) is 0 Å². The second kappa shape index (κ2) is 9.12. The number of nitrogens with one attached hydrogen (secondary N) is 1. The third kappa shape index (κ3) is 4.66. The fourth-order valence-electron chi connectivity index (χ4n) is 2.82. The lowest BCUT2D eigenvalue weighted by Crippen LogP contribution is -2.07. The normalized spacial score (nSPS) is 10.9. The van der Waals surface area contributed by atoms with Gasteiger partial charge in [0.05, 0.1) is 11.3 Å². The van der Waals surface area contributed by atoms with E-state index in [0.29, 0.717) is 35.8 Å². The maximum Gasteiger partial charge on any atom is 0.133 e. The lowest BCUT2D eigenvalue weighted by molar-refractivity contribution is 0.198. The summed E-state index contributed by atoms with van der Waals surface area (Å²) in [5.41, 5.74) is 1.04. The molecule has 0 saturated heterocycles. The van der Waals surface area contributed by atoms with Gasteiger partial charge in [-0.05, 0) is 54.4 Å². The third-order valence-electron chi connectivity index (χ3n) is 4.14. The Morgan fingerprint density at radius 2 is 1.86 bits per heavy atom. The topological polar surface area (TPSA) is 54.4 Å². The van der Waals surface area contributed by atoms with E-state index in [9.17, 15) is 13.9 Å². The molecule has 0 unspecified atom stereocenters. The molecule has 28 heavy (non-hydrogen) atoms. The van der Waals surface area contributed by atoms with Crippen molar-refractivity contribution in [1.29, 1.82) is 0 Å². The fourth-order valence-corrected chi connectivity index (χ4v) is 3.18. The van der Waals surface area contributed by atoms with E-state index in [-0.39, 0.29) is 11.3 Å². The molecule has 1 heterocycles. The van der Waals surface area contributed by atoms with E-state index in [0.717, 1.165) is 10.9 Å². The highest BCUT2D eigenvalue weighted by molar-refractivity contribution is 9.10. The van der Waals surface area contributed by atoms with Crippen LogP contribution in [0.5, 0.6) is 5.75 Å². The van der Waals surface area contributed by atoms with E-state index in [1.165, 1.54) is 24.3 Å². The first kappa shape index (κ1) is 20.2. The molecule has 0 saturated carbocycles. The van der Waals surface area contributed by atoms with Crippen LogP contribution in [0.15, 0.2) is 53.0 Å². The van der Waals surface area contributed by atoms with Crippen molar-refractivity contribution in [2.75, 3.05) is 25.6 Å². The summed E-state index contributed by atoms with van der Waals surface area (Å²) in [7, 11) is 1.62. The molecule has 0 atom stereocenters. The summed E-state index contributed by atoms with van der Waals surface area (Å²) in [5, 5.41) is 13.4.